The average Bonchev–Trinajstić information content (AvgIpc) is 2.55. The van der Waals surface area contributed by atoms with Crippen molar-refractivity contribution in [2.24, 2.45) is 4.99 Å². The van der Waals surface area contributed by atoms with Crippen molar-refractivity contribution in [1.29, 1.82) is 0 Å². The lowest BCUT2D eigenvalue weighted by Gasteiger charge is -2.21. The molecule has 2 amide bonds. The summed E-state index contributed by atoms with van der Waals surface area (Å²) >= 11 is 0. The second-order valence-electron chi connectivity index (χ2n) is 5.20. The fourth-order valence-corrected chi connectivity index (χ4v) is 2.40. The van der Waals surface area contributed by atoms with Crippen molar-refractivity contribution >= 4 is 17.8 Å². The van der Waals surface area contributed by atoms with Crippen LogP contribution in [0.2, 0.25) is 0 Å². The molecule has 2 N–H and O–H groups in total. The van der Waals surface area contributed by atoms with Crippen LogP contribution in [-0.2, 0) is 4.79 Å². The minimum Gasteiger partial charge on any atom is -0.296 e. The van der Waals surface area contributed by atoms with Crippen LogP contribution in [0.3, 0.4) is 0 Å². The van der Waals surface area contributed by atoms with E-state index in [0.717, 1.165) is 6.07 Å². The molecular weight excluding hydrogens is 316 g/mol. The van der Waals surface area contributed by atoms with Crippen molar-refractivity contribution in [1.82, 2.24) is 10.6 Å². The van der Waals surface area contributed by atoms with E-state index in [0.29, 0.717) is 0 Å². The molecule has 3 rings (SSSR count). The summed E-state index contributed by atoms with van der Waals surface area (Å²) in [6.07, 6.45) is -0.0417. The molecule has 2 aromatic carbocycles. The van der Waals surface area contributed by atoms with Gasteiger partial charge in [-0.25, -0.2) is 13.8 Å². The van der Waals surface area contributed by atoms with Crippen LogP contribution in [-0.4, -0.2) is 17.8 Å². The first-order valence-electron chi connectivity index (χ1n) is 7.22. The van der Waals surface area contributed by atoms with Crippen LogP contribution in [0, 0.1) is 11.6 Å². The molecule has 0 fully saturated rings. The fourth-order valence-electron chi connectivity index (χ4n) is 2.40. The van der Waals surface area contributed by atoms with Gasteiger partial charge in [-0.15, -0.1) is 0 Å². The quantitative estimate of drug-likeness (QED) is 0.888. The lowest BCUT2D eigenvalue weighted by molar-refractivity contribution is -0.120. The molecule has 1 unspecified atom stereocenters. The van der Waals surface area contributed by atoms with E-state index >= 15 is 0 Å². The van der Waals surface area contributed by atoms with Gasteiger partial charge in [0.15, 0.2) is 0 Å². The van der Waals surface area contributed by atoms with Crippen LogP contribution in [0.25, 0.3) is 0 Å². The van der Waals surface area contributed by atoms with E-state index in [1.54, 1.807) is 6.07 Å². The Morgan fingerprint density at radius 2 is 1.75 bits per heavy atom. The van der Waals surface area contributed by atoms with Gasteiger partial charge < -0.3 is 0 Å². The summed E-state index contributed by atoms with van der Waals surface area (Å²) in [5.41, 5.74) is 0.0763. The first-order chi connectivity index (χ1) is 11.5. The number of carbonyl (C=O) groups is 2. The van der Waals surface area contributed by atoms with Gasteiger partial charge >= 0.3 is 0 Å². The topological polar surface area (TPSA) is 70.6 Å². The first kappa shape index (κ1) is 15.8. The highest BCUT2D eigenvalue weighted by Gasteiger charge is 2.26. The van der Waals surface area contributed by atoms with E-state index in [-0.39, 0.29) is 23.5 Å². The molecule has 1 atom stereocenters. The van der Waals surface area contributed by atoms with Crippen LogP contribution >= 0.6 is 0 Å². The Labute approximate surface area is 136 Å². The van der Waals surface area contributed by atoms with Gasteiger partial charge in [-0.05, 0) is 18.2 Å². The van der Waals surface area contributed by atoms with Crippen molar-refractivity contribution in [2.75, 3.05) is 0 Å². The number of guanidine groups is 1. The number of amides is 2. The summed E-state index contributed by atoms with van der Waals surface area (Å²) in [4.78, 5) is 28.1. The molecule has 1 aliphatic rings. The molecule has 0 radical (unpaired) electrons. The number of nitrogens with one attached hydrogen (secondary N) is 2. The molecule has 122 valence electrons. The Balaban J connectivity index is 1.85. The maximum atomic E-state index is 13.9. The lowest BCUT2D eigenvalue weighted by Crippen LogP contribution is -2.47. The van der Waals surface area contributed by atoms with Gasteiger partial charge in [0, 0.05) is 5.56 Å². The zero-order chi connectivity index (χ0) is 17.1. The van der Waals surface area contributed by atoms with E-state index in [9.17, 15) is 18.4 Å². The SMILES string of the molecule is O=C1CC(c2ccccc2F)N=C(NC(=O)c2ccccc2F)N1. The number of hydrogen-bond acceptors (Lipinski definition) is 3. The van der Waals surface area contributed by atoms with Gasteiger partial charge in [0.25, 0.3) is 5.91 Å². The van der Waals surface area contributed by atoms with Crippen molar-refractivity contribution < 1.29 is 18.4 Å². The zero-order valence-electron chi connectivity index (χ0n) is 12.4. The second kappa shape index (κ2) is 6.57. The maximum Gasteiger partial charge on any atom is 0.260 e. The third kappa shape index (κ3) is 3.29. The summed E-state index contributed by atoms with van der Waals surface area (Å²) < 4.78 is 27.5. The first-order valence-corrected chi connectivity index (χ1v) is 7.22. The molecular formula is C17H13F2N3O2. The van der Waals surface area contributed by atoms with Crippen molar-refractivity contribution in [2.45, 2.75) is 12.5 Å². The highest BCUT2D eigenvalue weighted by Crippen LogP contribution is 2.25. The molecule has 1 aliphatic heterocycles. The van der Waals surface area contributed by atoms with Gasteiger partial charge in [0.2, 0.25) is 11.9 Å². The predicted molar refractivity (Wildman–Crippen MR) is 83.2 cm³/mol. The van der Waals surface area contributed by atoms with E-state index in [2.05, 4.69) is 15.6 Å². The summed E-state index contributed by atoms with van der Waals surface area (Å²) in [5, 5.41) is 4.73. The predicted octanol–water partition coefficient (Wildman–Crippen LogP) is 2.31. The largest absolute Gasteiger partial charge is 0.296 e. The molecule has 0 saturated carbocycles. The minimum absolute atomic E-state index is 0.0417. The molecule has 0 bridgehead atoms. The molecule has 2 aromatic rings. The number of hydrogen-bond donors (Lipinski definition) is 2. The monoisotopic (exact) mass is 329 g/mol. The third-order valence-electron chi connectivity index (χ3n) is 3.54. The van der Waals surface area contributed by atoms with Crippen molar-refractivity contribution in [3.8, 4) is 0 Å². The molecule has 1 heterocycles. The van der Waals surface area contributed by atoms with Gasteiger partial charge in [0.05, 0.1) is 18.0 Å². The summed E-state index contributed by atoms with van der Waals surface area (Å²) in [7, 11) is 0. The number of rotatable bonds is 2. The van der Waals surface area contributed by atoms with E-state index in [1.165, 1.54) is 36.4 Å². The van der Waals surface area contributed by atoms with E-state index in [1.807, 2.05) is 0 Å². The summed E-state index contributed by atoms with van der Waals surface area (Å²) in [5.74, 6) is -2.47. The fraction of sp³-hybridized carbons (Fsp3) is 0.118. The molecule has 5 nitrogen and oxygen atoms in total. The molecule has 0 saturated heterocycles. The third-order valence-corrected chi connectivity index (χ3v) is 3.54. The van der Waals surface area contributed by atoms with Crippen LogP contribution in [0.4, 0.5) is 8.78 Å². The number of benzene rings is 2. The average molecular weight is 329 g/mol. The number of nitrogens with zero attached hydrogens (tertiary/aromatic N) is 1. The Morgan fingerprint density at radius 1 is 1.08 bits per heavy atom. The van der Waals surface area contributed by atoms with Gasteiger partial charge in [-0.3, -0.25) is 20.2 Å². The normalized spacial score (nSPS) is 17.0. The summed E-state index contributed by atoms with van der Waals surface area (Å²) in [6, 6.07) is 10.7. The Kier molecular flexibility index (Phi) is 4.33. The Morgan fingerprint density at radius 3 is 2.46 bits per heavy atom. The standard InChI is InChI=1S/C17H13F2N3O2/c18-12-7-3-1-5-10(12)14-9-15(23)21-17(20-14)22-16(24)11-6-2-4-8-13(11)19/h1-8,14H,9H2,(H2,20,21,22,23,24). The number of carbonyl (C=O) groups excluding carboxylic acids is 2. The lowest BCUT2D eigenvalue weighted by atomic mass is 10.0. The van der Waals surface area contributed by atoms with Gasteiger partial charge in [-0.2, -0.15) is 0 Å². The van der Waals surface area contributed by atoms with Crippen LogP contribution in [0.5, 0.6) is 0 Å². The highest BCUT2D eigenvalue weighted by molar-refractivity contribution is 6.10. The second-order valence-corrected chi connectivity index (χ2v) is 5.20. The Hall–Kier alpha value is -3.09. The Bertz CT molecular complexity index is 836. The van der Waals surface area contributed by atoms with Gasteiger partial charge in [0.1, 0.15) is 11.6 Å². The molecule has 0 aromatic heterocycles. The van der Waals surface area contributed by atoms with E-state index < -0.39 is 29.5 Å². The molecule has 0 aliphatic carbocycles. The van der Waals surface area contributed by atoms with Crippen LogP contribution < -0.4 is 10.6 Å². The highest BCUT2D eigenvalue weighted by atomic mass is 19.1. The van der Waals surface area contributed by atoms with Crippen LogP contribution in [0.15, 0.2) is 53.5 Å². The molecule has 0 spiro atoms. The van der Waals surface area contributed by atoms with Crippen molar-refractivity contribution in [3.63, 3.8) is 0 Å². The zero-order valence-corrected chi connectivity index (χ0v) is 12.4. The number of aliphatic imine (C=N–C) groups is 1. The number of halogens is 2. The van der Waals surface area contributed by atoms with E-state index in [4.69, 9.17) is 0 Å². The maximum absolute atomic E-state index is 13.9. The minimum atomic E-state index is -0.754. The van der Waals surface area contributed by atoms with Crippen molar-refractivity contribution in [3.05, 3.63) is 71.3 Å². The van der Waals surface area contributed by atoms with Gasteiger partial charge in [-0.1, -0.05) is 30.3 Å². The van der Waals surface area contributed by atoms with Crippen LogP contribution in [0.1, 0.15) is 28.4 Å². The molecule has 7 heteroatoms. The molecule has 24 heavy (non-hydrogen) atoms. The summed E-state index contributed by atoms with van der Waals surface area (Å²) in [6.45, 7) is 0. The smallest absolute Gasteiger partial charge is 0.260 e.